The Bertz CT molecular complexity index is 236. The molecule has 1 aromatic carbocycles. The van der Waals surface area contributed by atoms with Gasteiger partial charge in [-0.3, -0.25) is 0 Å². The van der Waals surface area contributed by atoms with Crippen LogP contribution in [0.2, 0.25) is 0 Å². The summed E-state index contributed by atoms with van der Waals surface area (Å²) in [6, 6.07) is 2.12. The van der Waals surface area contributed by atoms with Gasteiger partial charge in [-0.05, 0) is 6.07 Å². The van der Waals surface area contributed by atoms with Gasteiger partial charge in [0.05, 0.1) is 0 Å². The summed E-state index contributed by atoms with van der Waals surface area (Å²) >= 11 is 0. The fourth-order valence-electron chi connectivity index (χ4n) is 0.580. The lowest BCUT2D eigenvalue weighted by Gasteiger charge is -1.95. The summed E-state index contributed by atoms with van der Waals surface area (Å²) < 4.78 is 24.5. The number of phenolic OH excluding ortho intramolecular Hbond substituents is 1. The Morgan fingerprint density at radius 2 is 1.75 bits per heavy atom. The van der Waals surface area contributed by atoms with E-state index < -0.39 is 17.4 Å². The molecule has 0 atom stereocenters. The number of rotatable bonds is 0. The molecular weight excluding hydrogens is 164 g/mol. The molecular formula is C8H12F2NO+. The van der Waals surface area contributed by atoms with Crippen LogP contribution >= 0.6 is 0 Å². The summed E-state index contributed by atoms with van der Waals surface area (Å²) in [6.45, 7) is 4.00. The van der Waals surface area contributed by atoms with Gasteiger partial charge in [0.1, 0.15) is 0 Å². The van der Waals surface area contributed by atoms with E-state index in [1.807, 2.05) is 13.8 Å². The second-order valence-electron chi connectivity index (χ2n) is 1.87. The smallest absolute Gasteiger partial charge is 0.216 e. The molecule has 0 aromatic heterocycles. The van der Waals surface area contributed by atoms with Crippen molar-refractivity contribution < 1.29 is 19.6 Å². The maximum atomic E-state index is 12.3. The van der Waals surface area contributed by atoms with E-state index >= 15 is 0 Å². The van der Waals surface area contributed by atoms with E-state index in [-0.39, 0.29) is 5.69 Å². The van der Waals surface area contributed by atoms with Gasteiger partial charge in [0.25, 0.3) is 0 Å². The molecule has 4 heteroatoms. The first-order valence-electron chi connectivity index (χ1n) is 3.62. The van der Waals surface area contributed by atoms with Crippen molar-refractivity contribution in [1.82, 2.24) is 0 Å². The first kappa shape index (κ1) is 10.8. The van der Waals surface area contributed by atoms with Crippen LogP contribution in [0, 0.1) is 11.6 Å². The maximum Gasteiger partial charge on any atom is 0.216 e. The van der Waals surface area contributed by atoms with Crippen LogP contribution in [0.4, 0.5) is 14.5 Å². The first-order chi connectivity index (χ1) is 5.63. The van der Waals surface area contributed by atoms with Crippen LogP contribution in [0.1, 0.15) is 13.8 Å². The van der Waals surface area contributed by atoms with Crippen LogP contribution in [0.5, 0.6) is 5.75 Å². The second-order valence-corrected chi connectivity index (χ2v) is 1.87. The van der Waals surface area contributed by atoms with Crippen LogP contribution in [-0.2, 0) is 0 Å². The molecule has 2 nitrogen and oxygen atoms in total. The fourth-order valence-corrected chi connectivity index (χ4v) is 0.580. The zero-order valence-corrected chi connectivity index (χ0v) is 7.06. The van der Waals surface area contributed by atoms with Gasteiger partial charge in [-0.1, -0.05) is 13.8 Å². The van der Waals surface area contributed by atoms with Crippen LogP contribution in [0.15, 0.2) is 12.1 Å². The van der Waals surface area contributed by atoms with Crippen LogP contribution in [0.25, 0.3) is 0 Å². The number of phenols is 1. The first-order valence-corrected chi connectivity index (χ1v) is 3.62. The molecule has 0 bridgehead atoms. The van der Waals surface area contributed by atoms with Gasteiger partial charge in [-0.15, -0.1) is 0 Å². The molecule has 0 unspecified atom stereocenters. The SMILES string of the molecule is CC.[NH3+]c1ccc(F)c(F)c1O. The lowest BCUT2D eigenvalue weighted by atomic mass is 10.3. The monoisotopic (exact) mass is 176 g/mol. The van der Waals surface area contributed by atoms with Crippen LogP contribution < -0.4 is 5.73 Å². The van der Waals surface area contributed by atoms with E-state index in [0.717, 1.165) is 6.07 Å². The van der Waals surface area contributed by atoms with Gasteiger partial charge in [-0.25, -0.2) is 4.39 Å². The molecule has 0 spiro atoms. The molecule has 0 amide bonds. The topological polar surface area (TPSA) is 47.9 Å². The molecule has 68 valence electrons. The molecule has 0 heterocycles. The third-order valence-electron chi connectivity index (χ3n) is 1.15. The molecule has 0 aliphatic carbocycles. The molecule has 1 rings (SSSR count). The normalized spacial score (nSPS) is 8.75. The zero-order valence-electron chi connectivity index (χ0n) is 7.06. The molecule has 0 saturated carbocycles. The van der Waals surface area contributed by atoms with Crippen molar-refractivity contribution >= 4 is 5.69 Å². The standard InChI is InChI=1S/C6H5F2NO.C2H6/c7-3-1-2-4(9)6(10)5(3)8;1-2/h1-2,10H,9H2;1-2H3/p+1. The van der Waals surface area contributed by atoms with Gasteiger partial charge < -0.3 is 10.8 Å². The summed E-state index contributed by atoms with van der Waals surface area (Å²) in [7, 11) is 0. The van der Waals surface area contributed by atoms with Crippen molar-refractivity contribution in [2.75, 3.05) is 0 Å². The second kappa shape index (κ2) is 4.66. The molecule has 0 radical (unpaired) electrons. The average Bonchev–Trinajstić information content (AvgIpc) is 2.12. The highest BCUT2D eigenvalue weighted by atomic mass is 19.2. The third-order valence-corrected chi connectivity index (χ3v) is 1.15. The summed E-state index contributed by atoms with van der Waals surface area (Å²) in [5.41, 5.74) is 3.35. The Morgan fingerprint density at radius 1 is 1.25 bits per heavy atom. The van der Waals surface area contributed by atoms with Crippen molar-refractivity contribution in [2.45, 2.75) is 13.8 Å². The van der Waals surface area contributed by atoms with Gasteiger partial charge in [0, 0.05) is 6.07 Å². The highest BCUT2D eigenvalue weighted by Gasteiger charge is 2.11. The number of hydrogen-bond donors (Lipinski definition) is 2. The molecule has 0 saturated heterocycles. The van der Waals surface area contributed by atoms with E-state index in [0.29, 0.717) is 0 Å². The Labute approximate surface area is 69.6 Å². The number of benzene rings is 1. The van der Waals surface area contributed by atoms with Gasteiger partial charge in [0.15, 0.2) is 11.5 Å². The molecule has 0 fully saturated rings. The Balaban J connectivity index is 0.000000561. The minimum Gasteiger partial charge on any atom is -0.501 e. The quantitative estimate of drug-likeness (QED) is 0.619. The lowest BCUT2D eigenvalue weighted by molar-refractivity contribution is -0.256. The van der Waals surface area contributed by atoms with Crippen LogP contribution in [-0.4, -0.2) is 5.11 Å². The van der Waals surface area contributed by atoms with Gasteiger partial charge in [-0.2, -0.15) is 4.39 Å². The lowest BCUT2D eigenvalue weighted by Crippen LogP contribution is -2.40. The van der Waals surface area contributed by atoms with Gasteiger partial charge >= 0.3 is 0 Å². The molecule has 12 heavy (non-hydrogen) atoms. The summed E-state index contributed by atoms with van der Waals surface area (Å²) in [6.07, 6.45) is 0. The van der Waals surface area contributed by atoms with Crippen molar-refractivity contribution in [3.63, 3.8) is 0 Å². The largest absolute Gasteiger partial charge is 0.501 e. The average molecular weight is 176 g/mol. The van der Waals surface area contributed by atoms with Crippen molar-refractivity contribution in [3.05, 3.63) is 23.8 Å². The summed E-state index contributed by atoms with van der Waals surface area (Å²) in [4.78, 5) is 0. The van der Waals surface area contributed by atoms with E-state index in [4.69, 9.17) is 5.11 Å². The Morgan fingerprint density at radius 3 is 2.17 bits per heavy atom. The number of hydrogen-bond acceptors (Lipinski definition) is 1. The molecule has 0 aliphatic heterocycles. The fraction of sp³-hybridized carbons (Fsp3) is 0.250. The van der Waals surface area contributed by atoms with Crippen molar-refractivity contribution in [2.24, 2.45) is 0 Å². The van der Waals surface area contributed by atoms with Crippen molar-refractivity contribution in [3.8, 4) is 5.75 Å². The number of quaternary nitrogens is 1. The number of aromatic hydroxyl groups is 1. The Hall–Kier alpha value is -1.16. The summed E-state index contributed by atoms with van der Waals surface area (Å²) in [5.74, 6) is -3.03. The minimum absolute atomic E-state index is 0.0823. The van der Waals surface area contributed by atoms with E-state index in [1.54, 1.807) is 0 Å². The predicted octanol–water partition coefficient (Wildman–Crippen LogP) is 1.57. The molecule has 0 aliphatic rings. The Kier molecular flexibility index (Phi) is 4.21. The van der Waals surface area contributed by atoms with E-state index in [1.165, 1.54) is 6.07 Å². The minimum atomic E-state index is -1.24. The summed E-state index contributed by atoms with van der Waals surface area (Å²) in [5, 5.41) is 8.71. The highest BCUT2D eigenvalue weighted by Crippen LogP contribution is 2.23. The third kappa shape index (κ3) is 2.17. The highest BCUT2D eigenvalue weighted by molar-refractivity contribution is 5.44. The molecule has 1 aromatic rings. The number of halogens is 2. The predicted molar refractivity (Wildman–Crippen MR) is 41.9 cm³/mol. The molecule has 4 N–H and O–H groups in total. The van der Waals surface area contributed by atoms with Crippen LogP contribution in [0.3, 0.4) is 0 Å². The van der Waals surface area contributed by atoms with E-state index in [2.05, 4.69) is 5.73 Å². The van der Waals surface area contributed by atoms with Gasteiger partial charge in [0.2, 0.25) is 11.6 Å². The zero-order chi connectivity index (χ0) is 9.72. The van der Waals surface area contributed by atoms with E-state index in [9.17, 15) is 8.78 Å². The van der Waals surface area contributed by atoms with Crippen molar-refractivity contribution in [1.29, 1.82) is 0 Å². The maximum absolute atomic E-state index is 12.3.